The number of hydrogen-bond acceptors (Lipinski definition) is 5. The standard InChI is InChI=1S/C19H22N2O4/c1-24-16-8-7-13(11-17(16)25-2)18(14-5-3-9-20-12-14)21-10-4-6-15(21)19(22)23/h3,5,7-9,11-12,15,18H,4,6,10H2,1-2H3,(H,22,23). The molecule has 0 bridgehead atoms. The van der Waals surface area contributed by atoms with E-state index in [-0.39, 0.29) is 6.04 Å². The monoisotopic (exact) mass is 342 g/mol. The highest BCUT2D eigenvalue weighted by molar-refractivity contribution is 5.74. The molecule has 132 valence electrons. The van der Waals surface area contributed by atoms with Crippen LogP contribution >= 0.6 is 0 Å². The predicted octanol–water partition coefficient (Wildman–Crippen LogP) is 2.74. The molecular formula is C19H22N2O4. The summed E-state index contributed by atoms with van der Waals surface area (Å²) in [4.78, 5) is 17.9. The van der Waals surface area contributed by atoms with Gasteiger partial charge in [0.15, 0.2) is 11.5 Å². The Hall–Kier alpha value is -2.60. The van der Waals surface area contributed by atoms with Gasteiger partial charge >= 0.3 is 5.97 Å². The van der Waals surface area contributed by atoms with E-state index in [1.54, 1.807) is 26.6 Å². The first-order valence-corrected chi connectivity index (χ1v) is 8.26. The molecule has 2 atom stereocenters. The van der Waals surface area contributed by atoms with Crippen molar-refractivity contribution in [3.63, 3.8) is 0 Å². The summed E-state index contributed by atoms with van der Waals surface area (Å²) >= 11 is 0. The molecule has 0 spiro atoms. The van der Waals surface area contributed by atoms with E-state index in [1.807, 2.05) is 35.2 Å². The quantitative estimate of drug-likeness (QED) is 0.870. The van der Waals surface area contributed by atoms with Crippen molar-refractivity contribution in [2.45, 2.75) is 24.9 Å². The third-order valence-electron chi connectivity index (χ3n) is 4.63. The summed E-state index contributed by atoms with van der Waals surface area (Å²) < 4.78 is 10.7. The number of rotatable bonds is 6. The lowest BCUT2D eigenvalue weighted by atomic mass is 9.97. The maximum atomic E-state index is 11.7. The Labute approximate surface area is 147 Å². The van der Waals surface area contributed by atoms with Gasteiger partial charge in [-0.3, -0.25) is 14.7 Å². The summed E-state index contributed by atoms with van der Waals surface area (Å²) in [5, 5.41) is 9.61. The number of ether oxygens (including phenoxy) is 2. The molecule has 1 saturated heterocycles. The van der Waals surface area contributed by atoms with E-state index in [9.17, 15) is 9.90 Å². The molecule has 0 saturated carbocycles. The van der Waals surface area contributed by atoms with Crippen LogP contribution in [-0.4, -0.2) is 47.8 Å². The molecule has 2 heterocycles. The van der Waals surface area contributed by atoms with Crippen molar-refractivity contribution in [3.05, 3.63) is 53.9 Å². The number of nitrogens with zero attached hydrogens (tertiary/aromatic N) is 2. The fraction of sp³-hybridized carbons (Fsp3) is 0.368. The van der Waals surface area contributed by atoms with Crippen molar-refractivity contribution < 1.29 is 19.4 Å². The number of methoxy groups -OCH3 is 2. The van der Waals surface area contributed by atoms with Gasteiger partial charge in [0.25, 0.3) is 0 Å². The van der Waals surface area contributed by atoms with E-state index < -0.39 is 12.0 Å². The van der Waals surface area contributed by atoms with Gasteiger partial charge in [0, 0.05) is 18.9 Å². The van der Waals surface area contributed by atoms with Crippen LogP contribution in [0, 0.1) is 0 Å². The Bertz CT molecular complexity index is 735. The van der Waals surface area contributed by atoms with Crippen LogP contribution in [-0.2, 0) is 4.79 Å². The number of carbonyl (C=O) groups is 1. The molecule has 1 aliphatic heterocycles. The van der Waals surface area contributed by atoms with Crippen LogP contribution in [0.3, 0.4) is 0 Å². The molecule has 0 radical (unpaired) electrons. The number of pyridine rings is 1. The molecule has 6 heteroatoms. The van der Waals surface area contributed by atoms with Crippen molar-refractivity contribution >= 4 is 5.97 Å². The first kappa shape index (κ1) is 17.2. The molecule has 6 nitrogen and oxygen atoms in total. The van der Waals surface area contributed by atoms with Gasteiger partial charge in [-0.1, -0.05) is 12.1 Å². The number of benzene rings is 1. The normalized spacial score (nSPS) is 18.7. The van der Waals surface area contributed by atoms with Gasteiger partial charge in [0.2, 0.25) is 0 Å². The third-order valence-corrected chi connectivity index (χ3v) is 4.63. The highest BCUT2D eigenvalue weighted by atomic mass is 16.5. The van der Waals surface area contributed by atoms with Gasteiger partial charge in [0.1, 0.15) is 6.04 Å². The molecule has 0 amide bonds. The van der Waals surface area contributed by atoms with Crippen molar-refractivity contribution in [3.8, 4) is 11.5 Å². The highest BCUT2D eigenvalue weighted by Crippen LogP contribution is 2.38. The minimum Gasteiger partial charge on any atom is -0.493 e. The molecule has 1 fully saturated rings. The lowest BCUT2D eigenvalue weighted by Gasteiger charge is -2.32. The van der Waals surface area contributed by atoms with Gasteiger partial charge in [-0.2, -0.15) is 0 Å². The van der Waals surface area contributed by atoms with Crippen LogP contribution in [0.1, 0.15) is 30.0 Å². The molecule has 2 aromatic rings. The minimum absolute atomic E-state index is 0.197. The summed E-state index contributed by atoms with van der Waals surface area (Å²) in [7, 11) is 3.19. The van der Waals surface area contributed by atoms with E-state index in [1.165, 1.54) is 0 Å². The molecule has 25 heavy (non-hydrogen) atoms. The molecule has 1 aliphatic rings. The Morgan fingerprint density at radius 1 is 1.24 bits per heavy atom. The van der Waals surface area contributed by atoms with Crippen LogP contribution in [0.25, 0.3) is 0 Å². The van der Waals surface area contributed by atoms with Crippen molar-refractivity contribution in [2.24, 2.45) is 0 Å². The molecule has 1 aromatic carbocycles. The van der Waals surface area contributed by atoms with Gasteiger partial charge in [-0.05, 0) is 42.2 Å². The van der Waals surface area contributed by atoms with E-state index >= 15 is 0 Å². The number of hydrogen-bond donors (Lipinski definition) is 1. The van der Waals surface area contributed by atoms with Crippen LogP contribution in [0.5, 0.6) is 11.5 Å². The SMILES string of the molecule is COc1ccc(C(c2cccnc2)N2CCCC2C(=O)O)cc1OC. The predicted molar refractivity (Wildman–Crippen MR) is 93.0 cm³/mol. The number of carboxylic acids is 1. The van der Waals surface area contributed by atoms with Crippen LogP contribution in [0.2, 0.25) is 0 Å². The second-order valence-electron chi connectivity index (χ2n) is 6.04. The fourth-order valence-corrected chi connectivity index (χ4v) is 3.50. The Kier molecular flexibility index (Phi) is 5.19. The van der Waals surface area contributed by atoms with Gasteiger partial charge in [-0.25, -0.2) is 0 Å². The molecular weight excluding hydrogens is 320 g/mol. The number of aromatic nitrogens is 1. The topological polar surface area (TPSA) is 71.9 Å². The fourth-order valence-electron chi connectivity index (χ4n) is 3.50. The second-order valence-corrected chi connectivity index (χ2v) is 6.04. The number of aliphatic carboxylic acids is 1. The van der Waals surface area contributed by atoms with Crippen molar-refractivity contribution in [1.82, 2.24) is 9.88 Å². The van der Waals surface area contributed by atoms with Crippen LogP contribution in [0.15, 0.2) is 42.7 Å². The molecule has 2 unspecified atom stereocenters. The maximum absolute atomic E-state index is 11.7. The lowest BCUT2D eigenvalue weighted by molar-refractivity contribution is -0.142. The van der Waals surface area contributed by atoms with E-state index in [2.05, 4.69) is 4.98 Å². The van der Waals surface area contributed by atoms with Gasteiger partial charge in [0.05, 0.1) is 20.3 Å². The number of carboxylic acid groups (broad SMARTS) is 1. The summed E-state index contributed by atoms with van der Waals surface area (Å²) in [6.45, 7) is 0.727. The minimum atomic E-state index is -0.785. The maximum Gasteiger partial charge on any atom is 0.320 e. The zero-order valence-corrected chi connectivity index (χ0v) is 14.4. The molecule has 1 aromatic heterocycles. The average Bonchev–Trinajstić information content (AvgIpc) is 3.12. The van der Waals surface area contributed by atoms with Crippen molar-refractivity contribution in [2.75, 3.05) is 20.8 Å². The van der Waals surface area contributed by atoms with Gasteiger partial charge < -0.3 is 14.6 Å². The summed E-state index contributed by atoms with van der Waals surface area (Å²) in [5.41, 5.74) is 1.92. The summed E-state index contributed by atoms with van der Waals surface area (Å²) in [5.74, 6) is 0.485. The zero-order valence-electron chi connectivity index (χ0n) is 14.4. The Balaban J connectivity index is 2.07. The first-order chi connectivity index (χ1) is 12.2. The summed E-state index contributed by atoms with van der Waals surface area (Å²) in [6, 6.07) is 8.86. The van der Waals surface area contributed by atoms with Crippen LogP contribution < -0.4 is 9.47 Å². The lowest BCUT2D eigenvalue weighted by Crippen LogP contribution is -2.39. The molecule has 3 rings (SSSR count). The molecule has 1 N–H and O–H groups in total. The Morgan fingerprint density at radius 3 is 2.68 bits per heavy atom. The Morgan fingerprint density at radius 2 is 2.04 bits per heavy atom. The third kappa shape index (κ3) is 3.44. The average molecular weight is 342 g/mol. The molecule has 0 aliphatic carbocycles. The van der Waals surface area contributed by atoms with E-state index in [0.717, 1.165) is 24.1 Å². The highest BCUT2D eigenvalue weighted by Gasteiger charge is 2.37. The van der Waals surface area contributed by atoms with E-state index in [4.69, 9.17) is 9.47 Å². The van der Waals surface area contributed by atoms with Crippen molar-refractivity contribution in [1.29, 1.82) is 0 Å². The first-order valence-electron chi connectivity index (χ1n) is 8.26. The zero-order chi connectivity index (χ0) is 17.8. The smallest absolute Gasteiger partial charge is 0.320 e. The van der Waals surface area contributed by atoms with Crippen LogP contribution in [0.4, 0.5) is 0 Å². The summed E-state index contributed by atoms with van der Waals surface area (Å²) in [6.07, 6.45) is 5.02. The van der Waals surface area contributed by atoms with Gasteiger partial charge in [-0.15, -0.1) is 0 Å². The van der Waals surface area contributed by atoms with E-state index in [0.29, 0.717) is 17.9 Å². The number of likely N-dealkylation sites (tertiary alicyclic amines) is 1. The second kappa shape index (κ2) is 7.53. The largest absolute Gasteiger partial charge is 0.493 e.